The highest BCUT2D eigenvalue weighted by atomic mass is 19.1. The normalized spacial score (nSPS) is 14.3. The first-order chi connectivity index (χ1) is 8.58. The van der Waals surface area contributed by atoms with Crippen molar-refractivity contribution in [1.29, 1.82) is 0 Å². The maximum Gasteiger partial charge on any atom is 0.123 e. The van der Waals surface area contributed by atoms with E-state index in [1.807, 2.05) is 0 Å². The van der Waals surface area contributed by atoms with Crippen LogP contribution in [0, 0.1) is 5.82 Å². The monoisotopic (exact) mass is 253 g/mol. The summed E-state index contributed by atoms with van der Waals surface area (Å²) < 4.78 is 18.6. The van der Waals surface area contributed by atoms with E-state index in [9.17, 15) is 4.39 Å². The summed E-state index contributed by atoms with van der Waals surface area (Å²) in [6.45, 7) is 7.45. The summed E-state index contributed by atoms with van der Waals surface area (Å²) in [6.07, 6.45) is 2.10. The number of rotatable bonds is 7. The highest BCUT2D eigenvalue weighted by Gasteiger charge is 2.15. The van der Waals surface area contributed by atoms with Gasteiger partial charge in [-0.1, -0.05) is 13.8 Å². The molecule has 1 aromatic carbocycles. The van der Waals surface area contributed by atoms with Crippen molar-refractivity contribution in [2.24, 2.45) is 0 Å². The van der Waals surface area contributed by atoms with Crippen LogP contribution in [-0.4, -0.2) is 19.7 Å². The van der Waals surface area contributed by atoms with Crippen LogP contribution in [0.25, 0.3) is 0 Å². The third-order valence-electron chi connectivity index (χ3n) is 3.17. The van der Waals surface area contributed by atoms with Gasteiger partial charge in [0, 0.05) is 6.04 Å². The Bertz CT molecular complexity index is 368. The SMILES string of the molecule is CCCNC(C)CC(C)c1cc(F)ccc1OC. The van der Waals surface area contributed by atoms with Gasteiger partial charge in [-0.15, -0.1) is 0 Å². The predicted molar refractivity (Wildman–Crippen MR) is 73.7 cm³/mol. The zero-order valence-corrected chi connectivity index (χ0v) is 11.8. The standard InChI is InChI=1S/C15H24FNO/c1-5-8-17-12(3)9-11(2)14-10-13(16)6-7-15(14)18-4/h6-7,10-12,17H,5,8-9H2,1-4H3. The van der Waals surface area contributed by atoms with E-state index in [0.717, 1.165) is 30.7 Å². The largest absolute Gasteiger partial charge is 0.496 e. The number of nitrogens with one attached hydrogen (secondary N) is 1. The average molecular weight is 253 g/mol. The Labute approximate surface area is 110 Å². The van der Waals surface area contributed by atoms with Gasteiger partial charge >= 0.3 is 0 Å². The Morgan fingerprint density at radius 3 is 2.67 bits per heavy atom. The molecular weight excluding hydrogens is 229 g/mol. The van der Waals surface area contributed by atoms with Crippen LogP contribution in [0.3, 0.4) is 0 Å². The summed E-state index contributed by atoms with van der Waals surface area (Å²) in [4.78, 5) is 0. The molecule has 0 aliphatic carbocycles. The molecule has 0 aromatic heterocycles. The first-order valence-corrected chi connectivity index (χ1v) is 6.65. The summed E-state index contributed by atoms with van der Waals surface area (Å²) >= 11 is 0. The Balaban J connectivity index is 2.70. The Morgan fingerprint density at radius 2 is 2.06 bits per heavy atom. The van der Waals surface area contributed by atoms with Crippen molar-refractivity contribution in [2.75, 3.05) is 13.7 Å². The average Bonchev–Trinajstić information content (AvgIpc) is 2.36. The molecule has 0 spiro atoms. The van der Waals surface area contributed by atoms with Gasteiger partial charge in [0.25, 0.3) is 0 Å². The second kappa shape index (κ2) is 7.37. The number of benzene rings is 1. The van der Waals surface area contributed by atoms with Gasteiger partial charge in [-0.2, -0.15) is 0 Å². The summed E-state index contributed by atoms with van der Waals surface area (Å²) in [5.74, 6) is 0.841. The Hall–Kier alpha value is -1.09. The van der Waals surface area contributed by atoms with Crippen LogP contribution in [0.2, 0.25) is 0 Å². The van der Waals surface area contributed by atoms with Gasteiger partial charge in [-0.3, -0.25) is 0 Å². The lowest BCUT2D eigenvalue weighted by molar-refractivity contribution is 0.398. The van der Waals surface area contributed by atoms with Gasteiger partial charge < -0.3 is 10.1 Å². The van der Waals surface area contributed by atoms with Gasteiger partial charge in [0.2, 0.25) is 0 Å². The Morgan fingerprint density at radius 1 is 1.33 bits per heavy atom. The van der Waals surface area contributed by atoms with Crippen molar-refractivity contribution in [1.82, 2.24) is 5.32 Å². The van der Waals surface area contributed by atoms with Crippen LogP contribution < -0.4 is 10.1 Å². The molecule has 0 radical (unpaired) electrons. The lowest BCUT2D eigenvalue weighted by Gasteiger charge is -2.20. The van der Waals surface area contributed by atoms with Crippen molar-refractivity contribution < 1.29 is 9.13 Å². The second-order valence-corrected chi connectivity index (χ2v) is 4.88. The molecule has 1 aromatic rings. The summed E-state index contributed by atoms with van der Waals surface area (Å²) in [6, 6.07) is 5.14. The lowest BCUT2D eigenvalue weighted by Crippen LogP contribution is -2.28. The van der Waals surface area contributed by atoms with Gasteiger partial charge in [0.15, 0.2) is 0 Å². The van der Waals surface area contributed by atoms with Crippen molar-refractivity contribution in [3.05, 3.63) is 29.6 Å². The van der Waals surface area contributed by atoms with E-state index in [1.165, 1.54) is 6.07 Å². The van der Waals surface area contributed by atoms with Crippen molar-refractivity contribution in [2.45, 2.75) is 45.6 Å². The molecule has 0 fully saturated rings. The maximum absolute atomic E-state index is 13.3. The third kappa shape index (κ3) is 4.30. The van der Waals surface area contributed by atoms with Gasteiger partial charge in [0.05, 0.1) is 7.11 Å². The first-order valence-electron chi connectivity index (χ1n) is 6.65. The number of hydrogen-bond acceptors (Lipinski definition) is 2. The fourth-order valence-electron chi connectivity index (χ4n) is 2.22. The van der Waals surface area contributed by atoms with Gasteiger partial charge in [-0.25, -0.2) is 4.39 Å². The third-order valence-corrected chi connectivity index (χ3v) is 3.17. The Kier molecular flexibility index (Phi) is 6.13. The minimum atomic E-state index is -0.202. The van der Waals surface area contributed by atoms with Crippen molar-refractivity contribution >= 4 is 0 Å². The summed E-state index contributed by atoms with van der Waals surface area (Å²) in [5.41, 5.74) is 0.947. The van der Waals surface area contributed by atoms with E-state index in [-0.39, 0.29) is 11.7 Å². The number of hydrogen-bond donors (Lipinski definition) is 1. The van der Waals surface area contributed by atoms with Gasteiger partial charge in [-0.05, 0) is 56.0 Å². The van der Waals surface area contributed by atoms with Crippen LogP contribution in [-0.2, 0) is 0 Å². The van der Waals surface area contributed by atoms with Gasteiger partial charge in [0.1, 0.15) is 11.6 Å². The van der Waals surface area contributed by atoms with Crippen LogP contribution in [0.5, 0.6) is 5.75 Å². The quantitative estimate of drug-likeness (QED) is 0.799. The van der Waals surface area contributed by atoms with E-state index in [1.54, 1.807) is 19.2 Å². The molecule has 1 rings (SSSR count). The molecule has 2 nitrogen and oxygen atoms in total. The van der Waals surface area contributed by atoms with E-state index in [2.05, 4.69) is 26.1 Å². The van der Waals surface area contributed by atoms with Crippen LogP contribution in [0.1, 0.15) is 45.1 Å². The first kappa shape index (κ1) is 15.0. The number of halogens is 1. The fraction of sp³-hybridized carbons (Fsp3) is 0.600. The van der Waals surface area contributed by atoms with Crippen molar-refractivity contribution in [3.8, 4) is 5.75 Å². The van der Waals surface area contributed by atoms with E-state index in [4.69, 9.17) is 4.74 Å². The van der Waals surface area contributed by atoms with Crippen LogP contribution >= 0.6 is 0 Å². The molecule has 0 amide bonds. The molecule has 2 unspecified atom stereocenters. The lowest BCUT2D eigenvalue weighted by atomic mass is 9.93. The molecular formula is C15H24FNO. The highest BCUT2D eigenvalue weighted by Crippen LogP contribution is 2.30. The molecule has 102 valence electrons. The fourth-order valence-corrected chi connectivity index (χ4v) is 2.22. The van der Waals surface area contributed by atoms with E-state index >= 15 is 0 Å². The highest BCUT2D eigenvalue weighted by molar-refractivity contribution is 5.36. The zero-order chi connectivity index (χ0) is 13.5. The second-order valence-electron chi connectivity index (χ2n) is 4.88. The predicted octanol–water partition coefficient (Wildman–Crippen LogP) is 3.72. The molecule has 0 saturated heterocycles. The van der Waals surface area contributed by atoms with Crippen LogP contribution in [0.4, 0.5) is 4.39 Å². The number of ether oxygens (including phenoxy) is 1. The van der Waals surface area contributed by atoms with Crippen molar-refractivity contribution in [3.63, 3.8) is 0 Å². The molecule has 2 atom stereocenters. The molecule has 0 bridgehead atoms. The zero-order valence-electron chi connectivity index (χ0n) is 11.8. The molecule has 1 N–H and O–H groups in total. The minimum Gasteiger partial charge on any atom is -0.496 e. The molecule has 0 aliphatic heterocycles. The summed E-state index contributed by atoms with van der Waals surface area (Å²) in [5, 5.41) is 3.45. The topological polar surface area (TPSA) is 21.3 Å². The maximum atomic E-state index is 13.3. The summed E-state index contributed by atoms with van der Waals surface area (Å²) in [7, 11) is 1.63. The molecule has 0 aliphatic rings. The molecule has 0 heterocycles. The minimum absolute atomic E-state index is 0.202. The van der Waals surface area contributed by atoms with Crippen LogP contribution in [0.15, 0.2) is 18.2 Å². The van der Waals surface area contributed by atoms with E-state index in [0.29, 0.717) is 6.04 Å². The van der Waals surface area contributed by atoms with E-state index < -0.39 is 0 Å². The smallest absolute Gasteiger partial charge is 0.123 e. The molecule has 3 heteroatoms. The number of methoxy groups -OCH3 is 1. The molecule has 18 heavy (non-hydrogen) atoms. The molecule has 0 saturated carbocycles.